The summed E-state index contributed by atoms with van der Waals surface area (Å²) in [6.45, 7) is 7.85. The van der Waals surface area contributed by atoms with Gasteiger partial charge in [0.15, 0.2) is 11.5 Å². The molecule has 0 fully saturated rings. The van der Waals surface area contributed by atoms with Crippen LogP contribution in [0.25, 0.3) is 17.2 Å². The Morgan fingerprint density at radius 3 is 2.40 bits per heavy atom. The predicted molar refractivity (Wildman–Crippen MR) is 96.4 cm³/mol. The fraction of sp³-hybridized carbons (Fsp3) is 0.286. The van der Waals surface area contributed by atoms with Crippen molar-refractivity contribution in [3.8, 4) is 22.6 Å². The van der Waals surface area contributed by atoms with E-state index in [0.29, 0.717) is 11.5 Å². The van der Waals surface area contributed by atoms with Crippen molar-refractivity contribution in [1.82, 2.24) is 0 Å². The Bertz CT molecular complexity index is 833. The molecule has 2 aromatic rings. The van der Waals surface area contributed by atoms with Gasteiger partial charge in [-0.05, 0) is 46.9 Å². The highest BCUT2D eigenvalue weighted by Gasteiger charge is 2.36. The molecule has 3 nitrogen and oxygen atoms in total. The minimum absolute atomic E-state index is 0.211. The average molecular weight is 340 g/mol. The van der Waals surface area contributed by atoms with Gasteiger partial charge in [-0.3, -0.25) is 4.79 Å². The van der Waals surface area contributed by atoms with E-state index in [4.69, 9.17) is 9.47 Å². The molecule has 130 valence electrons. The Labute approximate surface area is 147 Å². The third-order valence-electron chi connectivity index (χ3n) is 4.12. The summed E-state index contributed by atoms with van der Waals surface area (Å²) < 4.78 is 25.4. The highest BCUT2D eigenvalue weighted by atomic mass is 19.1. The van der Waals surface area contributed by atoms with Crippen LogP contribution in [0.5, 0.6) is 11.5 Å². The van der Waals surface area contributed by atoms with Gasteiger partial charge in [0.1, 0.15) is 12.1 Å². The van der Waals surface area contributed by atoms with Crippen molar-refractivity contribution in [1.29, 1.82) is 0 Å². The van der Waals surface area contributed by atoms with Crippen LogP contribution in [0.1, 0.15) is 44.7 Å². The second kappa shape index (κ2) is 6.36. The molecule has 2 aromatic carbocycles. The van der Waals surface area contributed by atoms with E-state index in [2.05, 4.69) is 13.8 Å². The smallest absolute Gasteiger partial charge is 0.246 e. The van der Waals surface area contributed by atoms with Crippen LogP contribution in [0.4, 0.5) is 4.39 Å². The number of carbonyl (C=O) groups excluding carboxylic acids is 1. The van der Waals surface area contributed by atoms with Crippen LogP contribution in [-0.4, -0.2) is 12.1 Å². The zero-order valence-electron chi connectivity index (χ0n) is 14.8. The van der Waals surface area contributed by atoms with Gasteiger partial charge < -0.3 is 9.47 Å². The van der Waals surface area contributed by atoms with Crippen molar-refractivity contribution in [3.63, 3.8) is 0 Å². The molecule has 0 radical (unpaired) electrons. The van der Waals surface area contributed by atoms with Crippen molar-refractivity contribution in [2.45, 2.75) is 39.4 Å². The first-order chi connectivity index (χ1) is 11.8. The van der Waals surface area contributed by atoms with E-state index in [1.165, 1.54) is 18.2 Å². The first kappa shape index (κ1) is 17.2. The van der Waals surface area contributed by atoms with Crippen molar-refractivity contribution in [3.05, 3.63) is 53.4 Å². The van der Waals surface area contributed by atoms with Gasteiger partial charge in [0.05, 0.1) is 0 Å². The van der Waals surface area contributed by atoms with Gasteiger partial charge >= 0.3 is 0 Å². The van der Waals surface area contributed by atoms with Crippen molar-refractivity contribution >= 4 is 12.4 Å². The summed E-state index contributed by atoms with van der Waals surface area (Å²) >= 11 is 0. The molecule has 0 atom stereocenters. The number of hydrogen-bond donors (Lipinski definition) is 0. The largest absolute Gasteiger partial charge is 0.449 e. The Morgan fingerprint density at radius 2 is 1.80 bits per heavy atom. The molecule has 1 aliphatic heterocycles. The quantitative estimate of drug-likeness (QED) is 0.557. The van der Waals surface area contributed by atoms with E-state index in [1.807, 2.05) is 19.9 Å². The van der Waals surface area contributed by atoms with Crippen LogP contribution >= 0.6 is 0 Å². The SMILES string of the molecule is CC(C)c1cc2c(c(-c3ccc(F)cc3)c1C=CC=O)OC(C)(C)O2. The number of hydrogen-bond acceptors (Lipinski definition) is 3. The zero-order valence-corrected chi connectivity index (χ0v) is 14.8. The molecular weight excluding hydrogens is 319 g/mol. The number of allylic oxidation sites excluding steroid dienone is 1. The topological polar surface area (TPSA) is 35.5 Å². The monoisotopic (exact) mass is 340 g/mol. The van der Waals surface area contributed by atoms with E-state index in [-0.39, 0.29) is 11.7 Å². The number of halogens is 1. The molecule has 3 rings (SSSR count). The minimum atomic E-state index is -0.779. The molecule has 4 heteroatoms. The first-order valence-electron chi connectivity index (χ1n) is 8.29. The van der Waals surface area contributed by atoms with Gasteiger partial charge in [0.25, 0.3) is 0 Å². The molecule has 1 heterocycles. The highest BCUT2D eigenvalue weighted by molar-refractivity contribution is 5.88. The summed E-state index contributed by atoms with van der Waals surface area (Å²) in [5, 5.41) is 0. The Kier molecular flexibility index (Phi) is 4.38. The summed E-state index contributed by atoms with van der Waals surface area (Å²) in [5.41, 5.74) is 3.54. The zero-order chi connectivity index (χ0) is 18.2. The third-order valence-corrected chi connectivity index (χ3v) is 4.12. The first-order valence-corrected chi connectivity index (χ1v) is 8.29. The van der Waals surface area contributed by atoms with Gasteiger partial charge in [-0.25, -0.2) is 4.39 Å². The number of ether oxygens (including phenoxy) is 2. The maximum absolute atomic E-state index is 13.4. The van der Waals surface area contributed by atoms with Crippen LogP contribution in [-0.2, 0) is 4.79 Å². The van der Waals surface area contributed by atoms with Crippen LogP contribution in [0.3, 0.4) is 0 Å². The molecular formula is C21H21FO3. The van der Waals surface area contributed by atoms with Crippen LogP contribution in [0, 0.1) is 5.82 Å². The van der Waals surface area contributed by atoms with Crippen LogP contribution < -0.4 is 9.47 Å². The lowest BCUT2D eigenvalue weighted by molar-refractivity contribution is -0.104. The lowest BCUT2D eigenvalue weighted by atomic mass is 9.88. The summed E-state index contributed by atoms with van der Waals surface area (Å²) in [7, 11) is 0. The third kappa shape index (κ3) is 3.29. The molecule has 1 aliphatic rings. The molecule has 25 heavy (non-hydrogen) atoms. The number of carbonyl (C=O) groups is 1. The molecule has 0 unspecified atom stereocenters. The number of benzene rings is 2. The fourth-order valence-corrected chi connectivity index (χ4v) is 3.08. The Balaban J connectivity index is 2.34. The predicted octanol–water partition coefficient (Wildman–Crippen LogP) is 5.34. The average Bonchev–Trinajstić information content (AvgIpc) is 2.86. The van der Waals surface area contributed by atoms with Gasteiger partial charge in [0.2, 0.25) is 5.79 Å². The van der Waals surface area contributed by atoms with Crippen LogP contribution in [0.15, 0.2) is 36.4 Å². The Morgan fingerprint density at radius 1 is 1.12 bits per heavy atom. The maximum atomic E-state index is 13.4. The van der Waals surface area contributed by atoms with Gasteiger partial charge in [-0.15, -0.1) is 0 Å². The highest BCUT2D eigenvalue weighted by Crippen LogP contribution is 2.50. The van der Waals surface area contributed by atoms with E-state index in [1.54, 1.807) is 18.2 Å². The lowest BCUT2D eigenvalue weighted by Gasteiger charge is -2.18. The lowest BCUT2D eigenvalue weighted by Crippen LogP contribution is -2.29. The number of rotatable bonds is 4. The molecule has 0 spiro atoms. The minimum Gasteiger partial charge on any atom is -0.449 e. The molecule has 0 saturated heterocycles. The molecule has 0 aromatic heterocycles. The second-order valence-corrected chi connectivity index (χ2v) is 6.84. The fourth-order valence-electron chi connectivity index (χ4n) is 3.08. The molecule has 0 bridgehead atoms. The standard InChI is InChI=1S/C21H21FO3/c1-13(2)17-12-18-20(25-21(3,4)24-18)19(16(17)6-5-11-23)14-7-9-15(22)10-8-14/h5-13H,1-4H3. The number of fused-ring (bicyclic) bond motifs is 1. The van der Waals surface area contributed by atoms with Gasteiger partial charge in [0, 0.05) is 19.4 Å². The van der Waals surface area contributed by atoms with E-state index < -0.39 is 5.79 Å². The van der Waals surface area contributed by atoms with Crippen molar-refractivity contribution in [2.75, 3.05) is 0 Å². The molecule has 0 N–H and O–H groups in total. The molecule has 0 amide bonds. The maximum Gasteiger partial charge on any atom is 0.246 e. The van der Waals surface area contributed by atoms with E-state index in [9.17, 15) is 9.18 Å². The van der Waals surface area contributed by atoms with E-state index >= 15 is 0 Å². The summed E-state index contributed by atoms with van der Waals surface area (Å²) in [5.74, 6) is 0.409. The van der Waals surface area contributed by atoms with Crippen molar-refractivity contribution in [2.24, 2.45) is 0 Å². The summed E-state index contributed by atoms with van der Waals surface area (Å²) in [6.07, 6.45) is 3.98. The number of aldehydes is 1. The summed E-state index contributed by atoms with van der Waals surface area (Å²) in [6, 6.07) is 8.21. The van der Waals surface area contributed by atoms with Crippen molar-refractivity contribution < 1.29 is 18.7 Å². The Hall–Kier alpha value is -2.62. The normalized spacial score (nSPS) is 15.1. The molecule has 0 aliphatic carbocycles. The molecule has 0 saturated carbocycles. The second-order valence-electron chi connectivity index (χ2n) is 6.84. The van der Waals surface area contributed by atoms with Gasteiger partial charge in [-0.2, -0.15) is 0 Å². The van der Waals surface area contributed by atoms with Crippen LogP contribution in [0.2, 0.25) is 0 Å². The van der Waals surface area contributed by atoms with Gasteiger partial charge in [-0.1, -0.05) is 32.1 Å². The van der Waals surface area contributed by atoms with E-state index in [0.717, 1.165) is 28.5 Å². The summed E-state index contributed by atoms with van der Waals surface area (Å²) in [4.78, 5) is 10.9.